The smallest absolute Gasteiger partial charge is 0.270 e. The van der Waals surface area contributed by atoms with Crippen molar-refractivity contribution < 1.29 is 14.5 Å². The molecule has 1 heterocycles. The van der Waals surface area contributed by atoms with Crippen LogP contribution >= 0.6 is 11.8 Å². The highest BCUT2D eigenvalue weighted by molar-refractivity contribution is 8.00. The van der Waals surface area contributed by atoms with Gasteiger partial charge in [0.15, 0.2) is 0 Å². The van der Waals surface area contributed by atoms with Crippen LogP contribution in [-0.2, 0) is 4.79 Å². The summed E-state index contributed by atoms with van der Waals surface area (Å²) < 4.78 is 0. The molecule has 8 heteroatoms. The average molecular weight is 448 g/mol. The second kappa shape index (κ2) is 8.84. The van der Waals surface area contributed by atoms with E-state index in [4.69, 9.17) is 0 Å². The maximum Gasteiger partial charge on any atom is 0.270 e. The van der Waals surface area contributed by atoms with Crippen LogP contribution in [0.25, 0.3) is 0 Å². The van der Waals surface area contributed by atoms with Gasteiger partial charge in [-0.3, -0.25) is 24.6 Å². The monoisotopic (exact) mass is 447 g/mol. The Bertz CT molecular complexity index is 1210. The zero-order valence-electron chi connectivity index (χ0n) is 17.6. The van der Waals surface area contributed by atoms with E-state index in [0.29, 0.717) is 11.4 Å². The van der Waals surface area contributed by atoms with E-state index in [2.05, 4.69) is 5.32 Å². The number of nitro benzene ring substituents is 1. The summed E-state index contributed by atoms with van der Waals surface area (Å²) in [6.45, 7) is 4.00. The van der Waals surface area contributed by atoms with Gasteiger partial charge in [-0.25, -0.2) is 0 Å². The molecule has 0 saturated carbocycles. The molecule has 0 radical (unpaired) electrons. The van der Waals surface area contributed by atoms with Crippen LogP contribution in [0.3, 0.4) is 0 Å². The Labute approximate surface area is 189 Å². The number of carbonyl (C=O) groups excluding carboxylic acids is 2. The number of aryl methyl sites for hydroxylation is 2. The Morgan fingerprint density at radius 1 is 1.09 bits per heavy atom. The Morgan fingerprint density at radius 2 is 1.84 bits per heavy atom. The van der Waals surface area contributed by atoms with Crippen LogP contribution in [0.1, 0.15) is 32.4 Å². The lowest BCUT2D eigenvalue weighted by atomic mass is 10.1. The molecule has 32 heavy (non-hydrogen) atoms. The number of nitrogens with zero attached hydrogens (tertiary/aromatic N) is 2. The summed E-state index contributed by atoms with van der Waals surface area (Å²) in [5.74, 6) is 0.0455. The molecule has 1 aliphatic heterocycles. The quantitative estimate of drug-likeness (QED) is 0.426. The minimum absolute atomic E-state index is 0.0664. The minimum Gasteiger partial charge on any atom is -0.322 e. The third kappa shape index (κ3) is 4.36. The van der Waals surface area contributed by atoms with Crippen LogP contribution in [0.15, 0.2) is 66.7 Å². The topological polar surface area (TPSA) is 92.6 Å². The van der Waals surface area contributed by atoms with Crippen molar-refractivity contribution in [2.75, 3.05) is 16.0 Å². The molecule has 3 aromatic carbocycles. The first-order chi connectivity index (χ1) is 15.3. The summed E-state index contributed by atoms with van der Waals surface area (Å²) in [5, 5.41) is 13.5. The minimum atomic E-state index is -0.534. The molecule has 1 unspecified atom stereocenters. The van der Waals surface area contributed by atoms with Gasteiger partial charge in [0.05, 0.1) is 10.7 Å². The van der Waals surface area contributed by atoms with E-state index in [1.165, 1.54) is 24.3 Å². The molecule has 1 atom stereocenters. The van der Waals surface area contributed by atoms with Crippen molar-refractivity contribution >= 4 is 40.6 Å². The van der Waals surface area contributed by atoms with E-state index in [9.17, 15) is 19.7 Å². The molecule has 0 spiro atoms. The fourth-order valence-corrected chi connectivity index (χ4v) is 4.77. The van der Waals surface area contributed by atoms with Crippen LogP contribution in [-0.4, -0.2) is 22.5 Å². The Balaban J connectivity index is 1.53. The van der Waals surface area contributed by atoms with Crippen molar-refractivity contribution in [2.24, 2.45) is 0 Å². The standard InChI is InChI=1S/C24H21N3O4S/c1-15-6-7-16(2)21(12-15)26-22(28)14-32-24(26)17-8-10-19(11-9-17)25-23(29)18-4-3-5-20(13-18)27(30)31/h3-13,24H,14H2,1-2H3,(H,25,29). The second-order valence-corrected chi connectivity index (χ2v) is 8.67. The number of amides is 2. The summed E-state index contributed by atoms with van der Waals surface area (Å²) in [5.41, 5.74) is 4.63. The fraction of sp³-hybridized carbons (Fsp3) is 0.167. The largest absolute Gasteiger partial charge is 0.322 e. The van der Waals surface area contributed by atoms with Crippen LogP contribution < -0.4 is 10.2 Å². The molecule has 0 bridgehead atoms. The van der Waals surface area contributed by atoms with Crippen molar-refractivity contribution in [3.05, 3.63) is 99.1 Å². The predicted molar refractivity (Wildman–Crippen MR) is 126 cm³/mol. The molecule has 1 saturated heterocycles. The summed E-state index contributed by atoms with van der Waals surface area (Å²) in [6, 6.07) is 19.0. The van der Waals surface area contributed by atoms with Crippen molar-refractivity contribution in [1.29, 1.82) is 0 Å². The van der Waals surface area contributed by atoms with Crippen molar-refractivity contribution in [3.8, 4) is 0 Å². The second-order valence-electron chi connectivity index (χ2n) is 7.60. The van der Waals surface area contributed by atoms with Gasteiger partial charge < -0.3 is 5.32 Å². The van der Waals surface area contributed by atoms with Gasteiger partial charge in [-0.15, -0.1) is 11.8 Å². The van der Waals surface area contributed by atoms with E-state index in [1.54, 1.807) is 23.9 Å². The Hall–Kier alpha value is -3.65. The molecule has 2 amide bonds. The zero-order chi connectivity index (χ0) is 22.8. The number of rotatable bonds is 5. The number of nitro groups is 1. The first kappa shape index (κ1) is 21.6. The van der Waals surface area contributed by atoms with E-state index < -0.39 is 10.8 Å². The molecular formula is C24H21N3O4S. The SMILES string of the molecule is Cc1ccc(C)c(N2C(=O)CSC2c2ccc(NC(=O)c3cccc([N+](=O)[O-])c3)cc2)c1. The third-order valence-electron chi connectivity index (χ3n) is 5.26. The fourth-order valence-electron chi connectivity index (χ4n) is 3.61. The highest BCUT2D eigenvalue weighted by atomic mass is 32.2. The Kier molecular flexibility index (Phi) is 5.96. The van der Waals surface area contributed by atoms with Gasteiger partial charge in [0.25, 0.3) is 11.6 Å². The number of benzene rings is 3. The molecule has 162 valence electrons. The molecule has 1 fully saturated rings. The van der Waals surface area contributed by atoms with Gasteiger partial charge >= 0.3 is 0 Å². The highest BCUT2D eigenvalue weighted by Gasteiger charge is 2.34. The molecule has 1 N–H and O–H groups in total. The first-order valence-corrected chi connectivity index (χ1v) is 11.0. The normalized spacial score (nSPS) is 15.6. The number of carbonyl (C=O) groups is 2. The number of non-ortho nitro benzene ring substituents is 1. The summed E-state index contributed by atoms with van der Waals surface area (Å²) in [6.07, 6.45) is 0. The summed E-state index contributed by atoms with van der Waals surface area (Å²) >= 11 is 1.57. The van der Waals surface area contributed by atoms with Gasteiger partial charge in [0.2, 0.25) is 5.91 Å². The lowest BCUT2D eigenvalue weighted by Crippen LogP contribution is -2.28. The maximum atomic E-state index is 12.7. The molecule has 1 aliphatic rings. The van der Waals surface area contributed by atoms with Gasteiger partial charge in [0.1, 0.15) is 5.37 Å². The van der Waals surface area contributed by atoms with Crippen LogP contribution in [0, 0.1) is 24.0 Å². The van der Waals surface area contributed by atoms with Gasteiger partial charge in [-0.2, -0.15) is 0 Å². The van der Waals surface area contributed by atoms with Crippen molar-refractivity contribution in [2.45, 2.75) is 19.2 Å². The summed E-state index contributed by atoms with van der Waals surface area (Å²) in [4.78, 5) is 37.4. The van der Waals surface area contributed by atoms with E-state index in [1.807, 2.05) is 49.1 Å². The van der Waals surface area contributed by atoms with E-state index >= 15 is 0 Å². The van der Waals surface area contributed by atoms with Gasteiger partial charge in [-0.1, -0.05) is 30.3 Å². The van der Waals surface area contributed by atoms with Gasteiger partial charge in [0, 0.05) is 29.1 Å². The Morgan fingerprint density at radius 3 is 2.56 bits per heavy atom. The van der Waals surface area contributed by atoms with Gasteiger partial charge in [-0.05, 0) is 54.8 Å². The third-order valence-corrected chi connectivity index (χ3v) is 6.48. The van der Waals surface area contributed by atoms with Crippen molar-refractivity contribution in [3.63, 3.8) is 0 Å². The van der Waals surface area contributed by atoms with Crippen LogP contribution in [0.2, 0.25) is 0 Å². The lowest BCUT2D eigenvalue weighted by Gasteiger charge is -2.26. The molecule has 3 aromatic rings. The molecule has 0 aliphatic carbocycles. The summed E-state index contributed by atoms with van der Waals surface area (Å²) in [7, 11) is 0. The number of thioether (sulfide) groups is 1. The van der Waals surface area contributed by atoms with E-state index in [-0.39, 0.29) is 22.5 Å². The van der Waals surface area contributed by atoms with E-state index in [0.717, 1.165) is 22.4 Å². The number of hydrogen-bond donors (Lipinski definition) is 1. The number of hydrogen-bond acceptors (Lipinski definition) is 5. The average Bonchev–Trinajstić information content (AvgIpc) is 3.17. The maximum absolute atomic E-state index is 12.7. The van der Waals surface area contributed by atoms with Crippen LogP contribution in [0.4, 0.5) is 17.1 Å². The molecule has 4 rings (SSSR count). The zero-order valence-corrected chi connectivity index (χ0v) is 18.4. The lowest BCUT2D eigenvalue weighted by molar-refractivity contribution is -0.384. The number of nitrogens with one attached hydrogen (secondary N) is 1. The van der Waals surface area contributed by atoms with Crippen molar-refractivity contribution in [1.82, 2.24) is 0 Å². The highest BCUT2D eigenvalue weighted by Crippen LogP contribution is 2.43. The first-order valence-electron chi connectivity index (χ1n) is 10.00. The number of anilines is 2. The molecule has 7 nitrogen and oxygen atoms in total. The molecular weight excluding hydrogens is 426 g/mol. The van der Waals surface area contributed by atoms with Crippen LogP contribution in [0.5, 0.6) is 0 Å². The molecule has 0 aromatic heterocycles. The predicted octanol–water partition coefficient (Wildman–Crippen LogP) is 5.24.